The zero-order chi connectivity index (χ0) is 26.1. The minimum Gasteiger partial charge on any atom is -0.478 e. The number of halogens is 2. The molecule has 1 saturated heterocycles. The number of carboxylic acids is 1. The lowest BCUT2D eigenvalue weighted by molar-refractivity contribution is -0.126. The van der Waals surface area contributed by atoms with Crippen molar-refractivity contribution in [1.82, 2.24) is 5.16 Å². The summed E-state index contributed by atoms with van der Waals surface area (Å²) in [7, 11) is 0. The Kier molecular flexibility index (Phi) is 5.80. The van der Waals surface area contributed by atoms with E-state index in [1.165, 1.54) is 0 Å². The van der Waals surface area contributed by atoms with Gasteiger partial charge < -0.3 is 19.3 Å². The van der Waals surface area contributed by atoms with Crippen LogP contribution in [-0.4, -0.2) is 34.3 Å². The molecule has 38 heavy (non-hydrogen) atoms. The van der Waals surface area contributed by atoms with Crippen LogP contribution in [0.2, 0.25) is 10.0 Å². The second-order valence-corrected chi connectivity index (χ2v) is 11.7. The topological polar surface area (TPSA) is 92.9 Å². The first-order valence-corrected chi connectivity index (χ1v) is 13.9. The normalized spacial score (nSPS) is 24.4. The van der Waals surface area contributed by atoms with Crippen molar-refractivity contribution in [2.75, 3.05) is 4.90 Å². The van der Waals surface area contributed by atoms with E-state index in [0.717, 1.165) is 42.6 Å². The molecule has 196 valence electrons. The first kappa shape index (κ1) is 24.2. The fourth-order valence-corrected chi connectivity index (χ4v) is 6.72. The van der Waals surface area contributed by atoms with Gasteiger partial charge in [-0.1, -0.05) is 40.5 Å². The number of amides is 1. The Morgan fingerprint density at radius 1 is 1.08 bits per heavy atom. The number of carbonyl (C=O) groups excluding carboxylic acids is 1. The van der Waals surface area contributed by atoms with Gasteiger partial charge in [-0.3, -0.25) is 4.79 Å². The lowest BCUT2D eigenvalue weighted by Gasteiger charge is -2.32. The van der Waals surface area contributed by atoms with Crippen LogP contribution in [0, 0.1) is 5.92 Å². The van der Waals surface area contributed by atoms with E-state index >= 15 is 0 Å². The maximum absolute atomic E-state index is 13.5. The number of hydrogen-bond acceptors (Lipinski definition) is 5. The highest BCUT2D eigenvalue weighted by Gasteiger charge is 2.52. The minimum atomic E-state index is -1.00. The first-order chi connectivity index (χ1) is 18.4. The molecule has 4 fully saturated rings. The highest BCUT2D eigenvalue weighted by atomic mass is 35.5. The Balaban J connectivity index is 1.12. The smallest absolute Gasteiger partial charge is 0.337 e. The Labute approximate surface area is 229 Å². The second kappa shape index (κ2) is 9.11. The molecule has 1 N–H and O–H groups in total. The molecule has 3 aromatic rings. The molecule has 7 nitrogen and oxygen atoms in total. The number of piperidine rings is 1. The van der Waals surface area contributed by atoms with Gasteiger partial charge in [0.1, 0.15) is 11.5 Å². The molecular weight excluding hydrogens is 527 g/mol. The quantitative estimate of drug-likeness (QED) is 0.329. The summed E-state index contributed by atoms with van der Waals surface area (Å²) in [5, 5.41) is 15.2. The largest absolute Gasteiger partial charge is 0.478 e. The van der Waals surface area contributed by atoms with Crippen LogP contribution in [0.4, 0.5) is 5.69 Å². The summed E-state index contributed by atoms with van der Waals surface area (Å²) in [6.07, 6.45) is 5.27. The van der Waals surface area contributed by atoms with Gasteiger partial charge in [-0.15, -0.1) is 0 Å². The lowest BCUT2D eigenvalue weighted by atomic mass is 10.0. The Hall–Kier alpha value is -2.87. The summed E-state index contributed by atoms with van der Waals surface area (Å²) in [5.74, 6) is 0.150. The summed E-state index contributed by atoms with van der Waals surface area (Å²) >= 11 is 13.0. The number of carboxylic acid groups (broad SMARTS) is 1. The van der Waals surface area contributed by atoms with Crippen LogP contribution in [0.5, 0.6) is 0 Å². The van der Waals surface area contributed by atoms with Crippen LogP contribution >= 0.6 is 23.2 Å². The SMILES string of the molecule is O=C(O)c1cc(C2CC2)ccc1N1C(=O)[C@@H]2C[C@H]1C[C@H]2OCc1c(-c2c(Cl)cccc2Cl)noc1C1CC1. The maximum Gasteiger partial charge on any atom is 0.337 e. The lowest BCUT2D eigenvalue weighted by Crippen LogP contribution is -2.43. The van der Waals surface area contributed by atoms with E-state index in [1.807, 2.05) is 12.1 Å². The average Bonchev–Trinajstić information content (AvgIpc) is 3.82. The number of hydrogen-bond donors (Lipinski definition) is 1. The third-order valence-corrected chi connectivity index (χ3v) is 9.00. The summed E-state index contributed by atoms with van der Waals surface area (Å²) in [6, 6.07) is 10.8. The summed E-state index contributed by atoms with van der Waals surface area (Å²) in [5.41, 5.74) is 3.77. The van der Waals surface area contributed by atoms with Gasteiger partial charge in [0.15, 0.2) is 0 Å². The molecule has 2 aromatic carbocycles. The van der Waals surface area contributed by atoms with Gasteiger partial charge in [0, 0.05) is 23.1 Å². The molecule has 7 rings (SSSR count). The van der Waals surface area contributed by atoms with Crippen LogP contribution in [0.25, 0.3) is 11.3 Å². The van der Waals surface area contributed by atoms with E-state index in [4.69, 9.17) is 32.5 Å². The number of fused-ring (bicyclic) bond motifs is 2. The van der Waals surface area contributed by atoms with Crippen molar-refractivity contribution in [3.8, 4) is 11.3 Å². The summed E-state index contributed by atoms with van der Waals surface area (Å²) in [4.78, 5) is 27.3. The van der Waals surface area contributed by atoms with Gasteiger partial charge >= 0.3 is 5.97 Å². The van der Waals surface area contributed by atoms with Gasteiger partial charge in [0.05, 0.1) is 39.9 Å². The van der Waals surface area contributed by atoms with Crippen molar-refractivity contribution in [1.29, 1.82) is 0 Å². The monoisotopic (exact) mass is 552 g/mol. The van der Waals surface area contributed by atoms with E-state index in [2.05, 4.69) is 5.16 Å². The molecule has 2 heterocycles. The van der Waals surface area contributed by atoms with Crippen molar-refractivity contribution < 1.29 is 24.0 Å². The van der Waals surface area contributed by atoms with Crippen molar-refractivity contribution in [2.45, 2.75) is 69.1 Å². The molecule has 9 heteroatoms. The van der Waals surface area contributed by atoms with Gasteiger partial charge in [-0.05, 0) is 74.3 Å². The molecule has 3 aliphatic carbocycles. The van der Waals surface area contributed by atoms with Crippen molar-refractivity contribution in [3.05, 3.63) is 68.9 Å². The van der Waals surface area contributed by atoms with Gasteiger partial charge in [-0.2, -0.15) is 0 Å². The molecular formula is C29H26Cl2N2O5. The number of aromatic nitrogens is 1. The molecule has 3 atom stereocenters. The first-order valence-electron chi connectivity index (χ1n) is 13.2. The van der Waals surface area contributed by atoms with Crippen molar-refractivity contribution in [3.63, 3.8) is 0 Å². The molecule has 0 spiro atoms. The number of aromatic carboxylic acids is 1. The number of ether oxygens (including phenoxy) is 1. The molecule has 1 aliphatic heterocycles. The van der Waals surface area contributed by atoms with Gasteiger partial charge in [-0.25, -0.2) is 4.79 Å². The average molecular weight is 553 g/mol. The third-order valence-electron chi connectivity index (χ3n) is 8.37. The summed E-state index contributed by atoms with van der Waals surface area (Å²) in [6.45, 7) is 0.240. The Morgan fingerprint density at radius 2 is 1.82 bits per heavy atom. The molecule has 0 unspecified atom stereocenters. The molecule has 1 amide bonds. The number of rotatable bonds is 8. The number of nitrogens with zero attached hydrogens (tertiary/aromatic N) is 2. The van der Waals surface area contributed by atoms with Gasteiger partial charge in [0.2, 0.25) is 5.91 Å². The predicted octanol–water partition coefficient (Wildman–Crippen LogP) is 6.81. The fourth-order valence-electron chi connectivity index (χ4n) is 6.15. The molecule has 4 aliphatic rings. The van der Waals surface area contributed by atoms with E-state index in [0.29, 0.717) is 51.7 Å². The zero-order valence-electron chi connectivity index (χ0n) is 20.5. The van der Waals surface area contributed by atoms with E-state index in [9.17, 15) is 14.7 Å². The van der Waals surface area contributed by atoms with Crippen LogP contribution in [-0.2, 0) is 16.1 Å². The van der Waals surface area contributed by atoms with E-state index < -0.39 is 5.97 Å². The molecule has 2 bridgehead atoms. The third kappa shape index (κ3) is 4.03. The fraction of sp³-hybridized carbons (Fsp3) is 0.414. The Bertz CT molecular complexity index is 1440. The van der Waals surface area contributed by atoms with Crippen LogP contribution in [0.1, 0.15) is 77.6 Å². The number of benzene rings is 2. The van der Waals surface area contributed by atoms with E-state index in [-0.39, 0.29) is 36.1 Å². The van der Waals surface area contributed by atoms with Crippen molar-refractivity contribution >= 4 is 40.8 Å². The van der Waals surface area contributed by atoms with Crippen LogP contribution < -0.4 is 4.90 Å². The standard InChI is InChI=1S/C29H26Cl2N2O5/c30-21-2-1-3-22(31)25(21)26-20(27(38-32-26)15-6-7-15)13-37-24-12-17-11-19(24)28(34)33(17)23-9-8-16(14-4-5-14)10-18(23)29(35)36/h1-3,8-10,14-15,17,19,24H,4-7,11-13H2,(H,35,36)/t17-,19+,24+/m0/s1. The number of anilines is 1. The van der Waals surface area contributed by atoms with Crippen LogP contribution in [0.15, 0.2) is 40.9 Å². The van der Waals surface area contributed by atoms with Crippen molar-refractivity contribution in [2.24, 2.45) is 5.92 Å². The highest BCUT2D eigenvalue weighted by molar-refractivity contribution is 6.39. The summed E-state index contributed by atoms with van der Waals surface area (Å²) < 4.78 is 12.1. The number of carbonyl (C=O) groups is 2. The van der Waals surface area contributed by atoms with Gasteiger partial charge in [0.25, 0.3) is 0 Å². The highest BCUT2D eigenvalue weighted by Crippen LogP contribution is 2.48. The predicted molar refractivity (Wildman–Crippen MR) is 142 cm³/mol. The minimum absolute atomic E-state index is 0.0740. The van der Waals surface area contributed by atoms with Crippen LogP contribution in [0.3, 0.4) is 0 Å². The van der Waals surface area contributed by atoms with E-state index in [1.54, 1.807) is 29.2 Å². The molecule has 0 radical (unpaired) electrons. The zero-order valence-corrected chi connectivity index (χ0v) is 22.0. The maximum atomic E-state index is 13.5. The Morgan fingerprint density at radius 3 is 2.47 bits per heavy atom. The molecule has 1 aromatic heterocycles. The second-order valence-electron chi connectivity index (χ2n) is 10.9. The molecule has 3 saturated carbocycles.